The number of carboxylic acids is 1. The molecule has 2 amide bonds. The Labute approximate surface area is 371 Å². The van der Waals surface area contributed by atoms with E-state index in [-0.39, 0.29) is 37.4 Å². The fraction of sp³-hybridized carbons (Fsp3) is 0.480. The van der Waals surface area contributed by atoms with E-state index in [4.69, 9.17) is 15.2 Å². The van der Waals surface area contributed by atoms with Crippen molar-refractivity contribution in [2.24, 2.45) is 23.0 Å². The highest BCUT2D eigenvalue weighted by Crippen LogP contribution is 2.45. The van der Waals surface area contributed by atoms with E-state index in [9.17, 15) is 19.5 Å². The third kappa shape index (κ3) is 10.0. The van der Waals surface area contributed by atoms with Gasteiger partial charge in [0.05, 0.1) is 0 Å². The number of fused-ring (bicyclic) bond motifs is 2. The first-order chi connectivity index (χ1) is 30.5. The van der Waals surface area contributed by atoms with E-state index in [0.29, 0.717) is 48.5 Å². The molecule has 13 nitrogen and oxygen atoms in total. The van der Waals surface area contributed by atoms with Crippen molar-refractivity contribution in [3.8, 4) is 11.6 Å². The minimum atomic E-state index is -1.46. The number of pyridine rings is 1. The number of hydrogen-bond acceptors (Lipinski definition) is 10. The summed E-state index contributed by atoms with van der Waals surface area (Å²) in [4.78, 5) is 47.9. The van der Waals surface area contributed by atoms with Crippen molar-refractivity contribution >= 4 is 34.7 Å². The number of aromatic nitrogens is 1. The number of benzene rings is 2. The molecule has 3 aromatic rings. The summed E-state index contributed by atoms with van der Waals surface area (Å²) in [6.07, 6.45) is 15.3. The van der Waals surface area contributed by atoms with Crippen molar-refractivity contribution in [2.75, 3.05) is 37.4 Å². The van der Waals surface area contributed by atoms with Gasteiger partial charge >= 0.3 is 5.97 Å². The van der Waals surface area contributed by atoms with Crippen LogP contribution in [0.15, 0.2) is 96.6 Å². The Hall–Kier alpha value is -5.82. The van der Waals surface area contributed by atoms with Gasteiger partial charge in [0.25, 0.3) is 0 Å². The molecule has 2 aliphatic heterocycles. The lowest BCUT2D eigenvalue weighted by Gasteiger charge is -2.37. The van der Waals surface area contributed by atoms with Crippen molar-refractivity contribution < 1.29 is 29.0 Å². The third-order valence-electron chi connectivity index (χ3n) is 13.8. The topological polar surface area (TPSA) is 171 Å². The number of carboxylic acid groups (broad SMARTS) is 1. The second-order valence-corrected chi connectivity index (χ2v) is 18.5. The molecular formula is C50H63N7O6. The minimum absolute atomic E-state index is 0.275. The smallest absolute Gasteiger partial charge is 0.319 e. The number of allylic oxidation sites excluding steroid dienone is 3. The molecule has 4 atom stereocenters. The first-order valence-corrected chi connectivity index (χ1v) is 22.8. The fourth-order valence-electron chi connectivity index (χ4n) is 9.73. The van der Waals surface area contributed by atoms with Gasteiger partial charge in [-0.15, -0.1) is 0 Å². The molecule has 0 radical (unpaired) electrons. The Balaban J connectivity index is 0.912. The van der Waals surface area contributed by atoms with Gasteiger partial charge in [-0.05, 0) is 151 Å². The Morgan fingerprint density at radius 3 is 2.54 bits per heavy atom. The predicted molar refractivity (Wildman–Crippen MR) is 245 cm³/mol. The molecule has 13 heteroatoms. The summed E-state index contributed by atoms with van der Waals surface area (Å²) in [5, 5.41) is 19.0. The largest absolute Gasteiger partial charge is 0.488 e. The molecule has 0 spiro atoms. The number of nitrogens with zero attached hydrogens (tertiary/aromatic N) is 3. The molecule has 334 valence electrons. The Bertz CT molecular complexity index is 2230. The van der Waals surface area contributed by atoms with Crippen molar-refractivity contribution in [3.05, 3.63) is 108 Å². The summed E-state index contributed by atoms with van der Waals surface area (Å²) in [5.74, 6) is 0.891. The summed E-state index contributed by atoms with van der Waals surface area (Å²) in [6.45, 7) is 6.54. The first-order valence-electron chi connectivity index (χ1n) is 22.8. The molecule has 1 saturated heterocycles. The van der Waals surface area contributed by atoms with Crippen molar-refractivity contribution in [1.82, 2.24) is 20.5 Å². The minimum Gasteiger partial charge on any atom is -0.488 e. The summed E-state index contributed by atoms with van der Waals surface area (Å²) in [6, 6.07) is 19.2. The molecule has 2 bridgehead atoms. The molecule has 8 rings (SSSR count). The number of hydrogen-bond donors (Lipinski definition) is 5. The number of ether oxygens (including phenoxy) is 2. The summed E-state index contributed by atoms with van der Waals surface area (Å²) in [7, 11) is 3.97. The second-order valence-electron chi connectivity index (χ2n) is 18.5. The van der Waals surface area contributed by atoms with Crippen LogP contribution in [-0.2, 0) is 21.0 Å². The van der Waals surface area contributed by atoms with Crippen molar-refractivity contribution in [2.45, 2.75) is 108 Å². The van der Waals surface area contributed by atoms with E-state index in [0.717, 1.165) is 91.9 Å². The maximum atomic E-state index is 13.6. The lowest BCUT2D eigenvalue weighted by molar-refractivity contribution is -0.162. The number of nitrogens with one attached hydrogen (secondary N) is 3. The number of anilines is 2. The number of carbonyl (C=O) groups excluding carboxylic acids is 2. The third-order valence-corrected chi connectivity index (χ3v) is 13.8. The molecule has 63 heavy (non-hydrogen) atoms. The van der Waals surface area contributed by atoms with E-state index >= 15 is 0 Å². The molecule has 2 aromatic carbocycles. The molecule has 3 aliphatic carbocycles. The van der Waals surface area contributed by atoms with Crippen LogP contribution in [0.4, 0.5) is 11.4 Å². The van der Waals surface area contributed by atoms with Crippen molar-refractivity contribution in [1.29, 1.82) is 0 Å². The van der Waals surface area contributed by atoms with Gasteiger partial charge in [-0.2, -0.15) is 0 Å². The van der Waals surface area contributed by atoms with E-state index in [1.54, 1.807) is 0 Å². The van der Waals surface area contributed by atoms with E-state index in [2.05, 4.69) is 55.5 Å². The molecule has 3 heterocycles. The van der Waals surface area contributed by atoms with Gasteiger partial charge in [0.2, 0.25) is 17.7 Å². The quantitative estimate of drug-likeness (QED) is 0.0640. The van der Waals surface area contributed by atoms with Gasteiger partial charge in [-0.25, -0.2) is 4.98 Å². The number of carbonyl (C=O) groups is 3. The van der Waals surface area contributed by atoms with Crippen LogP contribution in [0.3, 0.4) is 0 Å². The first kappa shape index (κ1) is 43.8. The molecule has 6 N–H and O–H groups in total. The monoisotopic (exact) mass is 857 g/mol. The van der Waals surface area contributed by atoms with Gasteiger partial charge in [-0.1, -0.05) is 43.3 Å². The molecule has 5 aliphatic rings. The number of rotatable bonds is 18. The van der Waals surface area contributed by atoms with Crippen LogP contribution in [0.25, 0.3) is 5.57 Å². The molecule has 3 saturated carbocycles. The molecule has 1 aromatic heterocycles. The molecule has 4 unspecified atom stereocenters. The number of amides is 2. The predicted octanol–water partition coefficient (Wildman–Crippen LogP) is 7.37. The highest BCUT2D eigenvalue weighted by atomic mass is 16.5. The molecule has 4 fully saturated rings. The van der Waals surface area contributed by atoms with E-state index in [1.165, 1.54) is 12.1 Å². The number of aliphatic carboxylic acids is 1. The van der Waals surface area contributed by atoms with Gasteiger partial charge in [0.15, 0.2) is 0 Å². The van der Waals surface area contributed by atoms with Crippen molar-refractivity contribution in [3.63, 3.8) is 0 Å². The second kappa shape index (κ2) is 19.3. The summed E-state index contributed by atoms with van der Waals surface area (Å²) in [5.41, 5.74) is 11.7. The van der Waals surface area contributed by atoms with Crippen LogP contribution in [0.1, 0.15) is 94.6 Å². The average molecular weight is 858 g/mol. The highest BCUT2D eigenvalue weighted by Gasteiger charge is 2.52. The maximum absolute atomic E-state index is 13.6. The van der Waals surface area contributed by atoms with Gasteiger partial charge < -0.3 is 46.1 Å². The SMILES string of the molecule is C=C1NC(N)=C(C2CCC3CC(C2)N(c2ccnc(OC4CCC4)c2)C3)C=C1c1ccccc1OCc1ccc(NC(=O)C(CCCCN(C)C)NC(=O)C2(C(=O)O)CCC2)cc1. The van der Waals surface area contributed by atoms with Crippen LogP contribution in [0.5, 0.6) is 11.6 Å². The Morgan fingerprint density at radius 2 is 1.83 bits per heavy atom. The number of nitrogens with two attached hydrogens (primary N) is 1. The maximum Gasteiger partial charge on any atom is 0.319 e. The summed E-state index contributed by atoms with van der Waals surface area (Å²) < 4.78 is 12.6. The van der Waals surface area contributed by atoms with Crippen LogP contribution >= 0.6 is 0 Å². The lowest BCUT2D eigenvalue weighted by atomic mass is 9.68. The fourth-order valence-corrected chi connectivity index (χ4v) is 9.73. The zero-order valence-electron chi connectivity index (χ0n) is 36.7. The van der Waals surface area contributed by atoms with Crippen LogP contribution in [0.2, 0.25) is 0 Å². The summed E-state index contributed by atoms with van der Waals surface area (Å²) >= 11 is 0. The van der Waals surface area contributed by atoms with E-state index < -0.39 is 23.3 Å². The Morgan fingerprint density at radius 1 is 1.03 bits per heavy atom. The van der Waals surface area contributed by atoms with Crippen LogP contribution < -0.4 is 36.1 Å². The zero-order valence-corrected chi connectivity index (χ0v) is 36.7. The standard InChI is InChI=1S/C50H63N7O6/c1-32-41(29-42(46(51)53-32)35-18-15-34-26-38(27-35)57(30-34)37-21-24-52-45(28-37)63-39-10-8-11-39)40-12-4-5-14-44(40)62-31-33-16-19-36(20-17-33)54-47(58)43(13-6-7-25-56(2)3)55-48(59)50(49(60)61)22-9-23-50/h4-5,12,14,16-17,19-21,24,28-29,34-35,38-39,43,53H,1,6-11,13,15,18,22-23,25-27,30-31,51H2,2-3H3,(H,54,58)(H,55,59)(H,60,61). The van der Waals surface area contributed by atoms with Gasteiger partial charge in [0.1, 0.15) is 35.7 Å². The average Bonchev–Trinajstić information content (AvgIpc) is 3.51. The highest BCUT2D eigenvalue weighted by molar-refractivity contribution is 6.05. The zero-order chi connectivity index (χ0) is 44.1. The number of unbranched alkanes of at least 4 members (excludes halogenated alkanes) is 1. The number of dihydropyridines is 1. The van der Waals surface area contributed by atoms with Crippen LogP contribution in [0, 0.1) is 17.3 Å². The normalized spacial score (nSPS) is 22.2. The molecular weight excluding hydrogens is 795 g/mol. The number of para-hydroxylation sites is 1. The lowest BCUT2D eigenvalue weighted by Crippen LogP contribution is -2.55. The van der Waals surface area contributed by atoms with Gasteiger partial charge in [0, 0.05) is 53.1 Å². The Kier molecular flexibility index (Phi) is 13.4. The van der Waals surface area contributed by atoms with Crippen LogP contribution in [-0.4, -0.2) is 78.1 Å². The van der Waals surface area contributed by atoms with E-state index in [1.807, 2.05) is 68.8 Å². The van der Waals surface area contributed by atoms with Gasteiger partial charge in [-0.3, -0.25) is 14.4 Å².